The fourth-order valence-corrected chi connectivity index (χ4v) is 2.69. The Balaban J connectivity index is 1.60. The third-order valence-corrected chi connectivity index (χ3v) is 4.43. The van der Waals surface area contributed by atoms with E-state index in [1.54, 1.807) is 0 Å². The van der Waals surface area contributed by atoms with Crippen LogP contribution in [0.15, 0.2) is 63.2 Å². The summed E-state index contributed by atoms with van der Waals surface area (Å²) in [6, 6.07) is 10.6. The zero-order chi connectivity index (χ0) is 22.4. The molecule has 2 N–H and O–H groups in total. The van der Waals surface area contributed by atoms with Gasteiger partial charge in [0.05, 0.1) is 22.5 Å². The van der Waals surface area contributed by atoms with E-state index in [-0.39, 0.29) is 32.7 Å². The van der Waals surface area contributed by atoms with Crippen LogP contribution in [-0.2, 0) is 0 Å². The highest BCUT2D eigenvalue weighted by atomic mass is 35.5. The zero-order valence-corrected chi connectivity index (χ0v) is 16.9. The van der Waals surface area contributed by atoms with Crippen molar-refractivity contribution in [2.24, 2.45) is 10.2 Å². The molecule has 0 aliphatic heterocycles. The maximum Gasteiger partial charge on any atom is 0.307 e. The number of hydrazone groups is 2. The van der Waals surface area contributed by atoms with Gasteiger partial charge in [0.25, 0.3) is 0 Å². The first-order valence-electron chi connectivity index (χ1n) is 8.51. The van der Waals surface area contributed by atoms with Crippen molar-refractivity contribution in [3.05, 3.63) is 92.9 Å². The van der Waals surface area contributed by atoms with Gasteiger partial charge in [-0.1, -0.05) is 35.3 Å². The van der Waals surface area contributed by atoms with Gasteiger partial charge in [-0.15, -0.1) is 0 Å². The van der Waals surface area contributed by atoms with Gasteiger partial charge in [-0.2, -0.15) is 10.2 Å². The summed E-state index contributed by atoms with van der Waals surface area (Å²) in [5.74, 6) is -3.26. The van der Waals surface area contributed by atoms with Crippen LogP contribution in [-0.4, -0.2) is 24.2 Å². The molecule has 0 radical (unpaired) electrons. The van der Waals surface area contributed by atoms with Gasteiger partial charge in [0.2, 0.25) is 0 Å². The minimum Gasteiger partial charge on any atom is -0.446 e. The number of rotatable bonds is 6. The van der Waals surface area contributed by atoms with Gasteiger partial charge in [0.1, 0.15) is 11.6 Å². The molecule has 2 aromatic carbocycles. The lowest BCUT2D eigenvalue weighted by Gasteiger charge is -2.00. The smallest absolute Gasteiger partial charge is 0.307 e. The molecule has 3 aromatic rings. The topological polar surface area (TPSA) is 96.1 Å². The monoisotopic (exact) mass is 464 g/mol. The van der Waals surface area contributed by atoms with E-state index >= 15 is 0 Å². The Hall–Kier alpha value is -3.56. The number of nitrogens with zero attached hydrogens (tertiary/aromatic N) is 2. The molecule has 2 amide bonds. The number of carbonyl (C=O) groups is 2. The Bertz CT molecular complexity index is 1060. The molecule has 0 aliphatic rings. The SMILES string of the molecule is O=C(N/N=C\c1c(F)cccc1Cl)c1ccc(C(=O)N/N=C\c2c(F)cccc2Cl)o1. The van der Waals surface area contributed by atoms with E-state index in [9.17, 15) is 18.4 Å². The van der Waals surface area contributed by atoms with Gasteiger partial charge < -0.3 is 4.42 Å². The van der Waals surface area contributed by atoms with Crippen molar-refractivity contribution in [1.29, 1.82) is 0 Å². The maximum atomic E-state index is 13.7. The molecule has 1 aromatic heterocycles. The molecular formula is C20H12Cl2F2N4O3. The first-order chi connectivity index (χ1) is 14.9. The lowest BCUT2D eigenvalue weighted by Crippen LogP contribution is -2.18. The standard InChI is InChI=1S/C20H12Cl2F2N4O3/c21-13-3-1-5-15(23)11(13)9-25-27-19(29)17-7-8-18(31-17)20(30)28-26-10-12-14(22)4-2-6-16(12)24/h1-10H,(H,27,29)(H,28,30)/b25-9-,26-10-. The van der Waals surface area contributed by atoms with Crippen LogP contribution in [0.5, 0.6) is 0 Å². The van der Waals surface area contributed by atoms with Gasteiger partial charge >= 0.3 is 11.8 Å². The molecule has 0 bridgehead atoms. The first-order valence-corrected chi connectivity index (χ1v) is 9.27. The summed E-state index contributed by atoms with van der Waals surface area (Å²) in [7, 11) is 0. The third kappa shape index (κ3) is 5.53. The Morgan fingerprint density at radius 3 is 1.58 bits per heavy atom. The average Bonchev–Trinajstić information content (AvgIpc) is 3.23. The summed E-state index contributed by atoms with van der Waals surface area (Å²) in [6.45, 7) is 0. The molecule has 3 rings (SSSR count). The first kappa shape index (κ1) is 22.1. The second kappa shape index (κ2) is 9.96. The van der Waals surface area contributed by atoms with Crippen LogP contribution in [0.25, 0.3) is 0 Å². The molecule has 0 saturated heterocycles. The predicted molar refractivity (Wildman–Crippen MR) is 112 cm³/mol. The van der Waals surface area contributed by atoms with Crippen LogP contribution in [0.2, 0.25) is 10.0 Å². The summed E-state index contributed by atoms with van der Waals surface area (Å²) in [5.41, 5.74) is 4.24. The van der Waals surface area contributed by atoms with Gasteiger partial charge in [0.15, 0.2) is 11.5 Å². The molecular weight excluding hydrogens is 453 g/mol. The fourth-order valence-electron chi connectivity index (χ4n) is 2.27. The van der Waals surface area contributed by atoms with Crippen molar-refractivity contribution >= 4 is 47.4 Å². The largest absolute Gasteiger partial charge is 0.446 e. The lowest BCUT2D eigenvalue weighted by atomic mass is 10.2. The summed E-state index contributed by atoms with van der Waals surface area (Å²) in [5, 5.41) is 7.46. The highest BCUT2D eigenvalue weighted by Crippen LogP contribution is 2.17. The summed E-state index contributed by atoms with van der Waals surface area (Å²) in [6.07, 6.45) is 2.07. The van der Waals surface area contributed by atoms with E-state index in [1.807, 2.05) is 0 Å². The number of nitrogens with one attached hydrogen (secondary N) is 2. The van der Waals surface area contributed by atoms with Crippen molar-refractivity contribution in [2.45, 2.75) is 0 Å². The van der Waals surface area contributed by atoms with Crippen molar-refractivity contribution < 1.29 is 22.8 Å². The van der Waals surface area contributed by atoms with Crippen molar-refractivity contribution in [3.63, 3.8) is 0 Å². The van der Waals surface area contributed by atoms with Gasteiger partial charge in [0, 0.05) is 11.1 Å². The minimum absolute atomic E-state index is 0.00297. The minimum atomic E-state index is -0.788. The number of hydrogen-bond acceptors (Lipinski definition) is 5. The van der Waals surface area contributed by atoms with Crippen LogP contribution in [0.1, 0.15) is 32.2 Å². The number of amides is 2. The number of furan rings is 1. The molecule has 0 unspecified atom stereocenters. The van der Waals surface area contributed by atoms with E-state index in [1.165, 1.54) is 48.5 Å². The molecule has 0 atom stereocenters. The average molecular weight is 465 g/mol. The zero-order valence-electron chi connectivity index (χ0n) is 15.4. The highest BCUT2D eigenvalue weighted by Gasteiger charge is 2.15. The maximum absolute atomic E-state index is 13.7. The predicted octanol–water partition coefficient (Wildman–Crippen LogP) is 4.39. The number of hydrogen-bond donors (Lipinski definition) is 2. The van der Waals surface area contributed by atoms with E-state index in [4.69, 9.17) is 27.6 Å². The molecule has 0 fully saturated rings. The lowest BCUT2D eigenvalue weighted by molar-refractivity contribution is 0.0902. The van der Waals surface area contributed by atoms with E-state index in [0.29, 0.717) is 0 Å². The number of halogens is 4. The number of benzene rings is 2. The Labute approximate surface area is 184 Å². The van der Waals surface area contributed by atoms with Crippen LogP contribution in [0.3, 0.4) is 0 Å². The van der Waals surface area contributed by atoms with E-state index in [0.717, 1.165) is 12.4 Å². The molecule has 0 spiro atoms. The van der Waals surface area contributed by atoms with Gasteiger partial charge in [-0.05, 0) is 36.4 Å². The quantitative estimate of drug-likeness (QED) is 0.418. The van der Waals surface area contributed by atoms with E-state index < -0.39 is 23.4 Å². The summed E-state index contributed by atoms with van der Waals surface area (Å²) >= 11 is 11.7. The molecule has 158 valence electrons. The van der Waals surface area contributed by atoms with Crippen LogP contribution in [0, 0.1) is 11.6 Å². The molecule has 0 saturated carbocycles. The second-order valence-electron chi connectivity index (χ2n) is 5.83. The summed E-state index contributed by atoms with van der Waals surface area (Å²) in [4.78, 5) is 24.1. The third-order valence-electron chi connectivity index (χ3n) is 3.77. The van der Waals surface area contributed by atoms with Gasteiger partial charge in [-0.25, -0.2) is 19.6 Å². The highest BCUT2D eigenvalue weighted by molar-refractivity contribution is 6.33. The molecule has 1 heterocycles. The molecule has 7 nitrogen and oxygen atoms in total. The fraction of sp³-hybridized carbons (Fsp3) is 0. The molecule has 0 aliphatic carbocycles. The van der Waals surface area contributed by atoms with Crippen molar-refractivity contribution in [2.75, 3.05) is 0 Å². The van der Waals surface area contributed by atoms with Crippen molar-refractivity contribution in [1.82, 2.24) is 10.9 Å². The van der Waals surface area contributed by atoms with Crippen LogP contribution >= 0.6 is 23.2 Å². The Morgan fingerprint density at radius 1 is 0.774 bits per heavy atom. The van der Waals surface area contributed by atoms with E-state index in [2.05, 4.69) is 21.1 Å². The van der Waals surface area contributed by atoms with Crippen molar-refractivity contribution in [3.8, 4) is 0 Å². The van der Waals surface area contributed by atoms with Crippen LogP contribution in [0.4, 0.5) is 8.78 Å². The Morgan fingerprint density at radius 2 is 1.19 bits per heavy atom. The molecule has 11 heteroatoms. The number of carbonyl (C=O) groups excluding carboxylic acids is 2. The Kier molecular flexibility index (Phi) is 7.11. The van der Waals surface area contributed by atoms with Crippen LogP contribution < -0.4 is 10.9 Å². The normalized spacial score (nSPS) is 11.2. The molecule has 31 heavy (non-hydrogen) atoms. The second-order valence-corrected chi connectivity index (χ2v) is 6.65. The van der Waals surface area contributed by atoms with Gasteiger partial charge in [-0.3, -0.25) is 9.59 Å². The summed E-state index contributed by atoms with van der Waals surface area (Å²) < 4.78 is 32.4.